The minimum Gasteiger partial charge on any atom is -0.484 e. The molecule has 0 radical (unpaired) electrons. The van der Waals surface area contributed by atoms with E-state index in [2.05, 4.69) is 29.4 Å². The highest BCUT2D eigenvalue weighted by Crippen LogP contribution is 2.31. The van der Waals surface area contributed by atoms with E-state index in [9.17, 15) is 4.79 Å². The normalized spacial score (nSPS) is 11.0. The number of carbonyl (C=O) groups is 1. The molecule has 1 heterocycles. The molecule has 0 fully saturated rings. The Labute approximate surface area is 202 Å². The molecule has 1 aromatic heterocycles. The van der Waals surface area contributed by atoms with Gasteiger partial charge >= 0.3 is 0 Å². The van der Waals surface area contributed by atoms with Gasteiger partial charge in [0.05, 0.1) is 10.2 Å². The highest BCUT2D eigenvalue weighted by Gasteiger charge is 2.20. The molecule has 0 saturated heterocycles. The smallest absolute Gasteiger partial charge is 0.266 e. The molecule has 0 aliphatic heterocycles. The number of carbonyl (C=O) groups excluding carboxylic acids is 1. The van der Waals surface area contributed by atoms with Gasteiger partial charge in [0, 0.05) is 18.0 Å². The van der Waals surface area contributed by atoms with E-state index in [4.69, 9.17) is 9.72 Å². The van der Waals surface area contributed by atoms with Crippen LogP contribution in [0.5, 0.6) is 5.75 Å². The van der Waals surface area contributed by atoms with Crippen molar-refractivity contribution in [3.63, 3.8) is 0 Å². The first-order chi connectivity index (χ1) is 15.0. The average Bonchev–Trinajstić information content (AvgIpc) is 3.20. The molecule has 3 aromatic carbocycles. The maximum Gasteiger partial charge on any atom is 0.266 e. The van der Waals surface area contributed by atoms with E-state index in [-0.39, 0.29) is 24.9 Å². The molecule has 1 amide bonds. The highest BCUT2D eigenvalue weighted by atomic mass is 35.5. The van der Waals surface area contributed by atoms with Crippen LogP contribution in [-0.4, -0.2) is 55.8 Å². The standard InChI is InChI=1S/C24H25N3O2S2.ClH/c1-26(2)12-13-27(24-25-21-11-10-20(30-3)15-22(21)31-24)23(28)16-29-19-9-8-17-6-4-5-7-18(17)14-19;/h4-11,14-15H,12-13,16H2,1-3H3;1H. The predicted molar refractivity (Wildman–Crippen MR) is 139 cm³/mol. The summed E-state index contributed by atoms with van der Waals surface area (Å²) in [6.45, 7) is 1.27. The summed E-state index contributed by atoms with van der Waals surface area (Å²) in [5, 5.41) is 2.95. The van der Waals surface area contributed by atoms with Gasteiger partial charge in [0.15, 0.2) is 11.7 Å². The molecular formula is C24H26ClN3O2S2. The summed E-state index contributed by atoms with van der Waals surface area (Å²) in [5.74, 6) is 0.590. The summed E-state index contributed by atoms with van der Waals surface area (Å²) >= 11 is 3.24. The maximum absolute atomic E-state index is 13.1. The molecule has 0 spiro atoms. The number of fused-ring (bicyclic) bond motifs is 2. The van der Waals surface area contributed by atoms with Crippen LogP contribution < -0.4 is 9.64 Å². The van der Waals surface area contributed by atoms with Crippen LogP contribution in [0.2, 0.25) is 0 Å². The Kier molecular flexibility index (Phi) is 8.37. The third-order valence-electron chi connectivity index (χ3n) is 4.97. The van der Waals surface area contributed by atoms with E-state index in [1.165, 1.54) is 4.90 Å². The number of anilines is 1. The number of rotatable bonds is 8. The molecule has 168 valence electrons. The Morgan fingerprint density at radius 1 is 1.03 bits per heavy atom. The Hall–Kier alpha value is -2.32. The van der Waals surface area contributed by atoms with Gasteiger partial charge < -0.3 is 9.64 Å². The first kappa shape index (κ1) is 24.3. The number of thioether (sulfide) groups is 1. The molecule has 0 bridgehead atoms. The summed E-state index contributed by atoms with van der Waals surface area (Å²) in [7, 11) is 3.99. The number of thiazole rings is 1. The molecule has 0 unspecified atom stereocenters. The number of ether oxygens (including phenoxy) is 1. The fourth-order valence-corrected chi connectivity index (χ4v) is 4.80. The van der Waals surface area contributed by atoms with Gasteiger partial charge in [-0.1, -0.05) is 41.7 Å². The van der Waals surface area contributed by atoms with Gasteiger partial charge in [-0.25, -0.2) is 4.98 Å². The van der Waals surface area contributed by atoms with Crippen molar-refractivity contribution in [2.24, 2.45) is 0 Å². The quantitative estimate of drug-likeness (QED) is 0.304. The highest BCUT2D eigenvalue weighted by molar-refractivity contribution is 7.98. The van der Waals surface area contributed by atoms with E-state index >= 15 is 0 Å². The summed E-state index contributed by atoms with van der Waals surface area (Å²) in [5.41, 5.74) is 0.913. The van der Waals surface area contributed by atoms with Crippen LogP contribution in [0.3, 0.4) is 0 Å². The summed E-state index contributed by atoms with van der Waals surface area (Å²) < 4.78 is 6.95. The Balaban J connectivity index is 0.00000289. The number of aromatic nitrogens is 1. The van der Waals surface area contributed by atoms with Crippen molar-refractivity contribution < 1.29 is 9.53 Å². The van der Waals surface area contributed by atoms with Gasteiger partial charge in [0.25, 0.3) is 5.91 Å². The molecule has 0 saturated carbocycles. The molecule has 0 aliphatic rings. The van der Waals surface area contributed by atoms with E-state index in [0.29, 0.717) is 17.4 Å². The molecule has 0 atom stereocenters. The van der Waals surface area contributed by atoms with Crippen molar-refractivity contribution in [1.29, 1.82) is 0 Å². The van der Waals surface area contributed by atoms with Crippen molar-refractivity contribution in [1.82, 2.24) is 9.88 Å². The largest absolute Gasteiger partial charge is 0.484 e. The lowest BCUT2D eigenvalue weighted by molar-refractivity contribution is -0.120. The van der Waals surface area contributed by atoms with Gasteiger partial charge in [-0.2, -0.15) is 0 Å². The lowest BCUT2D eigenvalue weighted by Crippen LogP contribution is -2.39. The van der Waals surface area contributed by atoms with Crippen molar-refractivity contribution >= 4 is 67.5 Å². The summed E-state index contributed by atoms with van der Waals surface area (Å²) in [6, 6.07) is 20.2. The molecule has 0 N–H and O–H groups in total. The lowest BCUT2D eigenvalue weighted by Gasteiger charge is -2.22. The van der Waals surface area contributed by atoms with Crippen molar-refractivity contribution in [2.45, 2.75) is 4.90 Å². The van der Waals surface area contributed by atoms with Crippen molar-refractivity contribution in [3.8, 4) is 5.75 Å². The number of benzene rings is 3. The Bertz CT molecular complexity index is 1210. The molecule has 0 aliphatic carbocycles. The van der Waals surface area contributed by atoms with Gasteiger partial charge in [-0.05, 0) is 61.5 Å². The fraction of sp³-hybridized carbons (Fsp3) is 0.250. The van der Waals surface area contributed by atoms with Gasteiger partial charge in [0.2, 0.25) is 0 Å². The van der Waals surface area contributed by atoms with Crippen LogP contribution in [0.15, 0.2) is 65.6 Å². The zero-order valence-electron chi connectivity index (χ0n) is 18.3. The predicted octanol–water partition coefficient (Wildman–Crippen LogP) is 5.57. The first-order valence-corrected chi connectivity index (χ1v) is 12.1. The second-order valence-corrected chi connectivity index (χ2v) is 9.37. The number of hydrogen-bond acceptors (Lipinski definition) is 6. The zero-order chi connectivity index (χ0) is 21.8. The monoisotopic (exact) mass is 487 g/mol. The topological polar surface area (TPSA) is 45.7 Å². The Morgan fingerprint density at radius 3 is 2.56 bits per heavy atom. The minimum absolute atomic E-state index is 0. The fourth-order valence-electron chi connectivity index (χ4n) is 3.24. The van der Waals surface area contributed by atoms with Gasteiger partial charge in [-0.3, -0.25) is 9.69 Å². The second kappa shape index (κ2) is 11.0. The number of amides is 1. The molecule has 5 nitrogen and oxygen atoms in total. The van der Waals surface area contributed by atoms with Gasteiger partial charge in [0.1, 0.15) is 5.75 Å². The minimum atomic E-state index is -0.0980. The maximum atomic E-state index is 13.1. The third-order valence-corrected chi connectivity index (χ3v) is 6.74. The SMILES string of the molecule is CSc1ccc2nc(N(CCN(C)C)C(=O)COc3ccc4ccccc4c3)sc2c1.Cl. The number of halogens is 1. The van der Waals surface area contributed by atoms with E-state index in [0.717, 1.165) is 27.5 Å². The van der Waals surface area contributed by atoms with Gasteiger partial charge in [-0.15, -0.1) is 24.2 Å². The van der Waals surface area contributed by atoms with E-state index in [1.54, 1.807) is 28.0 Å². The lowest BCUT2D eigenvalue weighted by atomic mass is 10.1. The van der Waals surface area contributed by atoms with Crippen LogP contribution in [0.1, 0.15) is 0 Å². The van der Waals surface area contributed by atoms with Crippen molar-refractivity contribution in [3.05, 3.63) is 60.7 Å². The first-order valence-electron chi connectivity index (χ1n) is 10.0. The van der Waals surface area contributed by atoms with Crippen LogP contribution >= 0.6 is 35.5 Å². The van der Waals surface area contributed by atoms with Crippen LogP contribution in [0, 0.1) is 0 Å². The van der Waals surface area contributed by atoms with Crippen LogP contribution in [0.25, 0.3) is 21.0 Å². The van der Waals surface area contributed by atoms with E-state index < -0.39 is 0 Å². The van der Waals surface area contributed by atoms with E-state index in [1.807, 2.05) is 56.6 Å². The Morgan fingerprint density at radius 2 is 1.81 bits per heavy atom. The van der Waals surface area contributed by atoms with Crippen LogP contribution in [-0.2, 0) is 4.79 Å². The number of nitrogens with zero attached hydrogens (tertiary/aromatic N) is 3. The zero-order valence-corrected chi connectivity index (χ0v) is 20.7. The third kappa shape index (κ3) is 5.72. The molecule has 4 rings (SSSR count). The number of likely N-dealkylation sites (N-methyl/N-ethyl adjacent to an activating group) is 1. The summed E-state index contributed by atoms with van der Waals surface area (Å²) in [6.07, 6.45) is 2.06. The second-order valence-electron chi connectivity index (χ2n) is 7.48. The van der Waals surface area contributed by atoms with Crippen LogP contribution in [0.4, 0.5) is 5.13 Å². The molecular weight excluding hydrogens is 462 g/mol. The summed E-state index contributed by atoms with van der Waals surface area (Å²) in [4.78, 5) is 22.8. The number of hydrogen-bond donors (Lipinski definition) is 0. The average molecular weight is 488 g/mol. The molecule has 32 heavy (non-hydrogen) atoms. The van der Waals surface area contributed by atoms with Crippen molar-refractivity contribution in [2.75, 3.05) is 44.9 Å². The molecule has 8 heteroatoms. The molecule has 4 aromatic rings.